The molecule has 34 heavy (non-hydrogen) atoms. The topological polar surface area (TPSA) is 71.8 Å². The van der Waals surface area contributed by atoms with Crippen molar-refractivity contribution in [1.82, 2.24) is 14.8 Å². The van der Waals surface area contributed by atoms with E-state index in [1.54, 1.807) is 0 Å². The SMILES string of the molecule is Cc1ccc(NCc2nnc(SCC(=O)Nc3c(C)cccc3C)n2-c2ccc(Cl)cc2)cc1. The highest BCUT2D eigenvalue weighted by molar-refractivity contribution is 7.99. The van der Waals surface area contributed by atoms with Crippen molar-refractivity contribution in [1.29, 1.82) is 0 Å². The average molecular weight is 492 g/mol. The summed E-state index contributed by atoms with van der Waals surface area (Å²) >= 11 is 7.45. The molecule has 0 fully saturated rings. The van der Waals surface area contributed by atoms with Gasteiger partial charge in [-0.05, 0) is 68.3 Å². The first-order valence-corrected chi connectivity index (χ1v) is 12.3. The molecule has 6 nitrogen and oxygen atoms in total. The molecule has 0 aliphatic heterocycles. The van der Waals surface area contributed by atoms with Gasteiger partial charge >= 0.3 is 0 Å². The second-order valence-electron chi connectivity index (χ2n) is 8.03. The number of nitrogens with one attached hydrogen (secondary N) is 2. The molecule has 0 saturated heterocycles. The van der Waals surface area contributed by atoms with Gasteiger partial charge in [0.15, 0.2) is 11.0 Å². The van der Waals surface area contributed by atoms with Crippen LogP contribution in [-0.2, 0) is 11.3 Å². The Hall–Kier alpha value is -3.29. The Morgan fingerprint density at radius 2 is 1.62 bits per heavy atom. The Balaban J connectivity index is 1.52. The van der Waals surface area contributed by atoms with Gasteiger partial charge in [-0.1, -0.05) is 59.3 Å². The Bertz CT molecular complexity index is 1270. The van der Waals surface area contributed by atoms with Crippen molar-refractivity contribution in [2.24, 2.45) is 0 Å². The van der Waals surface area contributed by atoms with Crippen molar-refractivity contribution in [2.75, 3.05) is 16.4 Å². The molecular weight excluding hydrogens is 466 g/mol. The number of halogens is 1. The van der Waals surface area contributed by atoms with Crippen molar-refractivity contribution in [2.45, 2.75) is 32.5 Å². The van der Waals surface area contributed by atoms with Crippen LogP contribution in [0.15, 0.2) is 71.9 Å². The molecule has 0 saturated carbocycles. The molecule has 0 atom stereocenters. The summed E-state index contributed by atoms with van der Waals surface area (Å²) in [6.45, 7) is 6.51. The summed E-state index contributed by atoms with van der Waals surface area (Å²) in [5.74, 6) is 0.859. The molecule has 0 unspecified atom stereocenters. The first kappa shape index (κ1) is 23.9. The van der Waals surface area contributed by atoms with E-state index in [0.717, 1.165) is 34.0 Å². The van der Waals surface area contributed by atoms with E-state index in [1.807, 2.05) is 73.0 Å². The number of carbonyl (C=O) groups is 1. The molecular formula is C26H26ClN5OS. The zero-order valence-corrected chi connectivity index (χ0v) is 20.9. The van der Waals surface area contributed by atoms with E-state index >= 15 is 0 Å². The van der Waals surface area contributed by atoms with Crippen LogP contribution in [0, 0.1) is 20.8 Å². The number of aromatic nitrogens is 3. The molecule has 4 aromatic rings. The van der Waals surface area contributed by atoms with E-state index in [2.05, 4.69) is 39.9 Å². The lowest BCUT2D eigenvalue weighted by molar-refractivity contribution is -0.113. The van der Waals surface area contributed by atoms with Gasteiger partial charge in [-0.2, -0.15) is 0 Å². The third kappa shape index (κ3) is 5.79. The molecule has 0 aliphatic carbocycles. The number of rotatable bonds is 8. The van der Waals surface area contributed by atoms with E-state index in [9.17, 15) is 4.79 Å². The molecule has 8 heteroatoms. The number of para-hydroxylation sites is 1. The predicted octanol–water partition coefficient (Wildman–Crippen LogP) is 6.19. The fourth-order valence-electron chi connectivity index (χ4n) is 3.53. The van der Waals surface area contributed by atoms with E-state index < -0.39 is 0 Å². The minimum atomic E-state index is -0.0904. The third-order valence-electron chi connectivity index (χ3n) is 5.37. The highest BCUT2D eigenvalue weighted by Gasteiger charge is 2.17. The van der Waals surface area contributed by atoms with Gasteiger partial charge in [0.25, 0.3) is 0 Å². The molecule has 3 aromatic carbocycles. The standard InChI is InChI=1S/C26H26ClN5OS/c1-17-7-11-21(12-8-17)28-15-23-30-31-26(32(23)22-13-9-20(27)10-14-22)34-16-24(33)29-25-18(2)5-4-6-19(25)3/h4-14,28H,15-16H2,1-3H3,(H,29,33). The Kier molecular flexibility index (Phi) is 7.55. The fourth-order valence-corrected chi connectivity index (χ4v) is 4.42. The average Bonchev–Trinajstić information content (AvgIpc) is 3.23. The van der Waals surface area contributed by atoms with Crippen molar-refractivity contribution < 1.29 is 4.79 Å². The molecule has 174 valence electrons. The zero-order valence-electron chi connectivity index (χ0n) is 19.3. The summed E-state index contributed by atoms with van der Waals surface area (Å²) in [6, 6.07) is 21.6. The first-order chi connectivity index (χ1) is 16.4. The van der Waals surface area contributed by atoms with Crippen molar-refractivity contribution in [3.05, 3.63) is 94.3 Å². The molecule has 4 rings (SSSR count). The van der Waals surface area contributed by atoms with Crippen LogP contribution in [-0.4, -0.2) is 26.4 Å². The lowest BCUT2D eigenvalue weighted by atomic mass is 10.1. The zero-order chi connectivity index (χ0) is 24.1. The summed E-state index contributed by atoms with van der Waals surface area (Å²) in [5, 5.41) is 16.5. The van der Waals surface area contributed by atoms with Gasteiger partial charge in [-0.25, -0.2) is 0 Å². The maximum atomic E-state index is 12.7. The second-order valence-corrected chi connectivity index (χ2v) is 9.41. The number of anilines is 2. The number of nitrogens with zero attached hydrogens (tertiary/aromatic N) is 3. The van der Waals surface area contributed by atoms with Gasteiger partial charge in [0.05, 0.1) is 12.3 Å². The van der Waals surface area contributed by atoms with Crippen LogP contribution in [0.3, 0.4) is 0 Å². The second kappa shape index (κ2) is 10.8. The van der Waals surface area contributed by atoms with Gasteiger partial charge in [-0.15, -0.1) is 10.2 Å². The summed E-state index contributed by atoms with van der Waals surface area (Å²) in [7, 11) is 0. The number of carbonyl (C=O) groups excluding carboxylic acids is 1. The molecule has 0 radical (unpaired) electrons. The molecule has 1 aromatic heterocycles. The Labute approximate surface area is 208 Å². The smallest absolute Gasteiger partial charge is 0.234 e. The summed E-state index contributed by atoms with van der Waals surface area (Å²) < 4.78 is 1.95. The molecule has 0 spiro atoms. The van der Waals surface area contributed by atoms with E-state index in [4.69, 9.17) is 11.6 Å². The fraction of sp³-hybridized carbons (Fsp3) is 0.192. The Morgan fingerprint density at radius 3 is 2.29 bits per heavy atom. The number of hydrogen-bond acceptors (Lipinski definition) is 5. The number of thioether (sulfide) groups is 1. The molecule has 0 bridgehead atoms. The van der Waals surface area contributed by atoms with Crippen LogP contribution < -0.4 is 10.6 Å². The third-order valence-corrected chi connectivity index (χ3v) is 6.55. The normalized spacial score (nSPS) is 10.8. The largest absolute Gasteiger partial charge is 0.378 e. The van der Waals surface area contributed by atoms with Crippen LogP contribution in [0.1, 0.15) is 22.5 Å². The van der Waals surface area contributed by atoms with Crippen LogP contribution in [0.4, 0.5) is 11.4 Å². The van der Waals surface area contributed by atoms with Crippen LogP contribution in [0.5, 0.6) is 0 Å². The maximum Gasteiger partial charge on any atom is 0.234 e. The predicted molar refractivity (Wildman–Crippen MR) is 140 cm³/mol. The highest BCUT2D eigenvalue weighted by atomic mass is 35.5. The number of amides is 1. The van der Waals surface area contributed by atoms with Gasteiger partial charge in [0.1, 0.15) is 0 Å². The van der Waals surface area contributed by atoms with Crippen molar-refractivity contribution >= 4 is 40.6 Å². The molecule has 1 heterocycles. The van der Waals surface area contributed by atoms with E-state index in [1.165, 1.54) is 17.3 Å². The van der Waals surface area contributed by atoms with Gasteiger partial charge < -0.3 is 10.6 Å². The number of aryl methyl sites for hydroxylation is 3. The minimum absolute atomic E-state index is 0.0904. The number of hydrogen-bond donors (Lipinski definition) is 2. The van der Waals surface area contributed by atoms with Gasteiger partial charge in [0.2, 0.25) is 5.91 Å². The maximum absolute atomic E-state index is 12.7. The minimum Gasteiger partial charge on any atom is -0.378 e. The monoisotopic (exact) mass is 491 g/mol. The molecule has 0 aliphatic rings. The number of benzene rings is 3. The summed E-state index contributed by atoms with van der Waals surface area (Å²) in [6.07, 6.45) is 0. The van der Waals surface area contributed by atoms with Crippen LogP contribution >= 0.6 is 23.4 Å². The lowest BCUT2D eigenvalue weighted by Gasteiger charge is -2.13. The summed E-state index contributed by atoms with van der Waals surface area (Å²) in [5.41, 5.74) is 6.01. The quantitative estimate of drug-likeness (QED) is 0.287. The van der Waals surface area contributed by atoms with E-state index in [-0.39, 0.29) is 11.7 Å². The van der Waals surface area contributed by atoms with Crippen molar-refractivity contribution in [3.63, 3.8) is 0 Å². The van der Waals surface area contributed by atoms with Crippen LogP contribution in [0.25, 0.3) is 5.69 Å². The van der Waals surface area contributed by atoms with Crippen LogP contribution in [0.2, 0.25) is 5.02 Å². The van der Waals surface area contributed by atoms with Gasteiger partial charge in [-0.3, -0.25) is 9.36 Å². The first-order valence-electron chi connectivity index (χ1n) is 10.9. The molecule has 1 amide bonds. The summed E-state index contributed by atoms with van der Waals surface area (Å²) in [4.78, 5) is 12.7. The van der Waals surface area contributed by atoms with E-state index in [0.29, 0.717) is 16.7 Å². The highest BCUT2D eigenvalue weighted by Crippen LogP contribution is 2.25. The lowest BCUT2D eigenvalue weighted by Crippen LogP contribution is -2.16. The van der Waals surface area contributed by atoms with Crippen molar-refractivity contribution in [3.8, 4) is 5.69 Å². The van der Waals surface area contributed by atoms with Gasteiger partial charge in [0, 0.05) is 22.1 Å². The Morgan fingerprint density at radius 1 is 0.941 bits per heavy atom. The molecule has 2 N–H and O–H groups in total.